The number of unbranched alkanes of at least 4 members (excludes halogenated alkanes) is 13. The van der Waals surface area contributed by atoms with Crippen molar-refractivity contribution in [1.29, 1.82) is 0 Å². The predicted molar refractivity (Wildman–Crippen MR) is 120 cm³/mol. The smallest absolute Gasteiger partial charge is 0.331 e. The highest BCUT2D eigenvalue weighted by atomic mass is 16.5. The maximum atomic E-state index is 11.5. The number of ether oxygens (including phenoxy) is 2. The van der Waals surface area contributed by atoms with Crippen LogP contribution >= 0.6 is 0 Å². The zero-order valence-corrected chi connectivity index (χ0v) is 19.3. The van der Waals surface area contributed by atoms with Crippen LogP contribution in [0.3, 0.4) is 0 Å². The van der Waals surface area contributed by atoms with Crippen molar-refractivity contribution in [2.45, 2.75) is 96.8 Å². The lowest BCUT2D eigenvalue weighted by Crippen LogP contribution is -2.19. The summed E-state index contributed by atoms with van der Waals surface area (Å²) in [5.41, 5.74) is 0. The van der Waals surface area contributed by atoms with E-state index in [0.717, 1.165) is 25.0 Å². The lowest BCUT2D eigenvalue weighted by Gasteiger charge is -2.08. The molecule has 0 saturated carbocycles. The molecule has 0 unspecified atom stereocenters. The molecule has 29 heavy (non-hydrogen) atoms. The molecule has 0 aromatic rings. The second-order valence-electron chi connectivity index (χ2n) is 8.07. The molecule has 0 aromatic heterocycles. The second kappa shape index (κ2) is 21.4. The van der Waals surface area contributed by atoms with Crippen LogP contribution in [0.4, 0.5) is 0 Å². The molecule has 0 aliphatic rings. The predicted octanol–water partition coefficient (Wildman–Crippen LogP) is 5.67. The molecule has 0 amide bonds. The molecule has 0 aliphatic heterocycles. The molecule has 0 rings (SSSR count). The minimum atomic E-state index is -0.514. The summed E-state index contributed by atoms with van der Waals surface area (Å²) in [6.45, 7) is 3.64. The number of carbonyl (C=O) groups is 2. The molecule has 5 nitrogen and oxygen atoms in total. The third-order valence-electron chi connectivity index (χ3n) is 4.88. The Bertz CT molecular complexity index is 421. The number of nitrogens with zero attached hydrogens (tertiary/aromatic N) is 1. The van der Waals surface area contributed by atoms with Crippen LogP contribution in [0.15, 0.2) is 12.2 Å². The Morgan fingerprint density at radius 2 is 1.00 bits per heavy atom. The summed E-state index contributed by atoms with van der Waals surface area (Å²) in [6, 6.07) is 0. The number of hydrogen-bond donors (Lipinski definition) is 0. The first-order valence-electron chi connectivity index (χ1n) is 11.7. The van der Waals surface area contributed by atoms with E-state index in [1.165, 1.54) is 77.0 Å². The Balaban J connectivity index is 3.34. The summed E-state index contributed by atoms with van der Waals surface area (Å²) in [6.07, 6.45) is 20.5. The van der Waals surface area contributed by atoms with Crippen LogP contribution in [0.25, 0.3) is 0 Å². The summed E-state index contributed by atoms with van der Waals surface area (Å²) in [5, 5.41) is 0. The van der Waals surface area contributed by atoms with Crippen molar-refractivity contribution >= 4 is 11.9 Å². The third-order valence-corrected chi connectivity index (χ3v) is 4.88. The van der Waals surface area contributed by atoms with Gasteiger partial charge in [0.1, 0.15) is 6.61 Å². The largest absolute Gasteiger partial charge is 0.463 e. The van der Waals surface area contributed by atoms with Gasteiger partial charge in [0.2, 0.25) is 0 Å². The van der Waals surface area contributed by atoms with E-state index in [1.807, 2.05) is 19.0 Å². The van der Waals surface area contributed by atoms with Gasteiger partial charge in [-0.25, -0.2) is 9.59 Å². The Hall–Kier alpha value is -1.36. The van der Waals surface area contributed by atoms with E-state index >= 15 is 0 Å². The highest BCUT2D eigenvalue weighted by Gasteiger charge is 2.01. The van der Waals surface area contributed by atoms with Gasteiger partial charge < -0.3 is 14.4 Å². The highest BCUT2D eigenvalue weighted by Crippen LogP contribution is 2.12. The molecule has 5 heteroatoms. The fraction of sp³-hybridized carbons (Fsp3) is 0.833. The van der Waals surface area contributed by atoms with Crippen molar-refractivity contribution in [3.8, 4) is 0 Å². The van der Waals surface area contributed by atoms with Crippen molar-refractivity contribution in [2.24, 2.45) is 0 Å². The average molecular weight is 412 g/mol. The van der Waals surface area contributed by atoms with Gasteiger partial charge in [-0.15, -0.1) is 0 Å². The Kier molecular flexibility index (Phi) is 20.3. The SMILES string of the molecule is CCCCCCCCCCCCCCCCOC(=O)/C=C/C(=O)OCCN(C)C. The van der Waals surface area contributed by atoms with E-state index in [9.17, 15) is 9.59 Å². The van der Waals surface area contributed by atoms with Gasteiger partial charge >= 0.3 is 11.9 Å². The number of carbonyl (C=O) groups excluding carboxylic acids is 2. The number of likely N-dealkylation sites (N-methyl/N-ethyl adjacent to an activating group) is 1. The van der Waals surface area contributed by atoms with Crippen molar-refractivity contribution < 1.29 is 19.1 Å². The summed E-state index contributed by atoms with van der Waals surface area (Å²) < 4.78 is 10.1. The van der Waals surface area contributed by atoms with Gasteiger partial charge in [0.05, 0.1) is 6.61 Å². The topological polar surface area (TPSA) is 55.8 Å². The molecule has 0 N–H and O–H groups in total. The van der Waals surface area contributed by atoms with E-state index < -0.39 is 11.9 Å². The van der Waals surface area contributed by atoms with Gasteiger partial charge in [-0.2, -0.15) is 0 Å². The van der Waals surface area contributed by atoms with E-state index in [1.54, 1.807) is 0 Å². The third kappa shape index (κ3) is 22.8. The van der Waals surface area contributed by atoms with E-state index in [-0.39, 0.29) is 0 Å². The molecule has 0 heterocycles. The monoisotopic (exact) mass is 411 g/mol. The minimum Gasteiger partial charge on any atom is -0.463 e. The second-order valence-corrected chi connectivity index (χ2v) is 8.07. The molecule has 0 radical (unpaired) electrons. The van der Waals surface area contributed by atoms with Gasteiger partial charge in [0.15, 0.2) is 0 Å². The lowest BCUT2D eigenvalue weighted by molar-refractivity contribution is -0.140. The van der Waals surface area contributed by atoms with Crippen molar-refractivity contribution in [3.63, 3.8) is 0 Å². The van der Waals surface area contributed by atoms with Gasteiger partial charge in [-0.05, 0) is 20.5 Å². The first-order valence-corrected chi connectivity index (χ1v) is 11.7. The Morgan fingerprint density at radius 3 is 1.41 bits per heavy atom. The Labute approximate surface area is 179 Å². The van der Waals surface area contributed by atoms with Crippen LogP contribution in [0, 0.1) is 0 Å². The maximum absolute atomic E-state index is 11.5. The van der Waals surface area contributed by atoms with Crippen LogP contribution in [-0.4, -0.2) is 50.7 Å². The summed E-state index contributed by atoms with van der Waals surface area (Å²) in [7, 11) is 3.80. The molecular weight excluding hydrogens is 366 g/mol. The fourth-order valence-corrected chi connectivity index (χ4v) is 3.03. The summed E-state index contributed by atoms with van der Waals surface area (Å²) in [5.74, 6) is -0.996. The number of hydrogen-bond acceptors (Lipinski definition) is 5. The first kappa shape index (κ1) is 27.6. The lowest BCUT2D eigenvalue weighted by atomic mass is 10.0. The molecular formula is C24H45NO4. The van der Waals surface area contributed by atoms with Gasteiger partial charge in [-0.1, -0.05) is 90.4 Å². The van der Waals surface area contributed by atoms with Crippen LogP contribution < -0.4 is 0 Å². The molecule has 170 valence electrons. The van der Waals surface area contributed by atoms with Crippen LogP contribution in [-0.2, 0) is 19.1 Å². The molecule has 0 aliphatic carbocycles. The van der Waals surface area contributed by atoms with E-state index in [2.05, 4.69) is 6.92 Å². The zero-order valence-electron chi connectivity index (χ0n) is 19.3. The summed E-state index contributed by atoms with van der Waals surface area (Å²) >= 11 is 0. The normalized spacial score (nSPS) is 11.3. The van der Waals surface area contributed by atoms with E-state index in [4.69, 9.17) is 9.47 Å². The molecule has 0 spiro atoms. The van der Waals surface area contributed by atoms with E-state index in [0.29, 0.717) is 19.8 Å². The maximum Gasteiger partial charge on any atom is 0.331 e. The molecule has 0 atom stereocenters. The standard InChI is InChI=1S/C24H45NO4/c1-4-5-6-7-8-9-10-11-12-13-14-15-16-17-21-28-23(26)18-19-24(27)29-22-20-25(2)3/h18-19H,4-17,20-22H2,1-3H3/b19-18+. The van der Waals surface area contributed by atoms with Gasteiger partial charge in [0, 0.05) is 18.7 Å². The molecule has 0 fully saturated rings. The Morgan fingerprint density at radius 1 is 0.621 bits per heavy atom. The van der Waals surface area contributed by atoms with Crippen molar-refractivity contribution in [3.05, 3.63) is 12.2 Å². The molecule has 0 aromatic carbocycles. The van der Waals surface area contributed by atoms with Crippen LogP contribution in [0.1, 0.15) is 96.8 Å². The average Bonchev–Trinajstić information content (AvgIpc) is 2.69. The van der Waals surface area contributed by atoms with Crippen molar-refractivity contribution in [2.75, 3.05) is 33.9 Å². The van der Waals surface area contributed by atoms with Gasteiger partial charge in [-0.3, -0.25) is 0 Å². The minimum absolute atomic E-state index is 0.310. The summed E-state index contributed by atoms with van der Waals surface area (Å²) in [4.78, 5) is 24.9. The van der Waals surface area contributed by atoms with Crippen molar-refractivity contribution in [1.82, 2.24) is 4.90 Å². The first-order chi connectivity index (χ1) is 14.1. The molecule has 0 bridgehead atoms. The molecule has 0 saturated heterocycles. The highest BCUT2D eigenvalue weighted by molar-refractivity contribution is 5.91. The zero-order chi connectivity index (χ0) is 21.6. The van der Waals surface area contributed by atoms with Crippen LogP contribution in [0.2, 0.25) is 0 Å². The fourth-order valence-electron chi connectivity index (χ4n) is 3.03. The number of esters is 2. The van der Waals surface area contributed by atoms with Gasteiger partial charge in [0.25, 0.3) is 0 Å². The quantitative estimate of drug-likeness (QED) is 0.147. The number of rotatable bonds is 20. The van der Waals surface area contributed by atoms with Crippen LogP contribution in [0.5, 0.6) is 0 Å².